The first-order valence-corrected chi connectivity index (χ1v) is 10.0. The van der Waals surface area contributed by atoms with Crippen molar-refractivity contribution >= 4 is 17.7 Å². The molecule has 1 amide bonds. The number of ether oxygens (including phenoxy) is 2. The molecule has 1 aliphatic rings. The predicted molar refractivity (Wildman–Crippen MR) is 109 cm³/mol. The van der Waals surface area contributed by atoms with Crippen molar-refractivity contribution in [2.24, 2.45) is 5.92 Å². The van der Waals surface area contributed by atoms with E-state index in [2.05, 4.69) is 40.3 Å². The number of hydrogen-bond donors (Lipinski definition) is 2. The Labute approximate surface area is 170 Å². The van der Waals surface area contributed by atoms with Crippen LogP contribution in [0.15, 0.2) is 30.5 Å². The maximum absolute atomic E-state index is 12.5. The van der Waals surface area contributed by atoms with Crippen LogP contribution >= 0.6 is 0 Å². The molecular weight excluding hydrogens is 372 g/mol. The molecule has 0 bridgehead atoms. The van der Waals surface area contributed by atoms with Crippen molar-refractivity contribution in [2.75, 3.05) is 24.6 Å². The summed E-state index contributed by atoms with van der Waals surface area (Å²) in [5.41, 5.74) is 2.84. The number of aromatic nitrogens is 2. The Bertz CT molecular complexity index is 833. The molecule has 2 aromatic rings. The van der Waals surface area contributed by atoms with E-state index in [0.717, 1.165) is 30.0 Å². The molecule has 1 aromatic carbocycles. The number of amides is 1. The van der Waals surface area contributed by atoms with Crippen molar-refractivity contribution in [3.63, 3.8) is 0 Å². The lowest BCUT2D eigenvalue weighted by Crippen LogP contribution is -2.32. The highest BCUT2D eigenvalue weighted by Crippen LogP contribution is 2.40. The molecule has 2 atom stereocenters. The Morgan fingerprint density at radius 3 is 2.79 bits per heavy atom. The summed E-state index contributed by atoms with van der Waals surface area (Å²) >= 11 is 0. The molecule has 2 N–H and O–H groups in total. The van der Waals surface area contributed by atoms with Gasteiger partial charge in [-0.2, -0.15) is 5.10 Å². The number of benzene rings is 1. The third kappa shape index (κ3) is 4.88. The topological polar surface area (TPSA) is 96.5 Å². The number of carbonyl (C=O) groups is 2. The molecule has 0 fully saturated rings. The summed E-state index contributed by atoms with van der Waals surface area (Å²) in [6.45, 7) is 8.44. The molecule has 3 rings (SSSR count). The average Bonchev–Trinajstić information content (AvgIpc) is 3.23. The summed E-state index contributed by atoms with van der Waals surface area (Å²) in [5.74, 6) is 0.000372. The first kappa shape index (κ1) is 20.7. The van der Waals surface area contributed by atoms with Gasteiger partial charge < -0.3 is 19.7 Å². The maximum Gasteiger partial charge on any atom is 0.407 e. The number of alkyl carbamates (subject to hydrolysis) is 1. The van der Waals surface area contributed by atoms with Crippen molar-refractivity contribution in [3.8, 4) is 5.75 Å². The van der Waals surface area contributed by atoms with E-state index in [1.807, 2.05) is 19.1 Å². The molecule has 0 radical (unpaired) electrons. The fourth-order valence-corrected chi connectivity index (χ4v) is 3.63. The van der Waals surface area contributed by atoms with E-state index >= 15 is 0 Å². The maximum atomic E-state index is 12.5. The van der Waals surface area contributed by atoms with Crippen LogP contribution in [0.2, 0.25) is 0 Å². The monoisotopic (exact) mass is 400 g/mol. The summed E-state index contributed by atoms with van der Waals surface area (Å²) in [5, 5.41) is 9.20. The van der Waals surface area contributed by atoms with Crippen molar-refractivity contribution in [3.05, 3.63) is 41.7 Å². The van der Waals surface area contributed by atoms with Gasteiger partial charge in [-0.3, -0.25) is 9.89 Å². The van der Waals surface area contributed by atoms with Gasteiger partial charge in [-0.25, -0.2) is 4.79 Å². The van der Waals surface area contributed by atoms with Crippen LogP contribution in [-0.4, -0.2) is 42.0 Å². The Morgan fingerprint density at radius 1 is 1.31 bits per heavy atom. The zero-order valence-electron chi connectivity index (χ0n) is 17.1. The van der Waals surface area contributed by atoms with Crippen molar-refractivity contribution < 1.29 is 19.1 Å². The van der Waals surface area contributed by atoms with Gasteiger partial charge in [0.1, 0.15) is 5.75 Å². The Kier molecular flexibility index (Phi) is 6.74. The van der Waals surface area contributed by atoms with Gasteiger partial charge in [0.15, 0.2) is 0 Å². The van der Waals surface area contributed by atoms with Crippen LogP contribution < -0.4 is 15.0 Å². The Morgan fingerprint density at radius 2 is 2.10 bits per heavy atom. The van der Waals surface area contributed by atoms with Gasteiger partial charge in [0.05, 0.1) is 24.8 Å². The second-order valence-corrected chi connectivity index (χ2v) is 7.07. The van der Waals surface area contributed by atoms with Gasteiger partial charge >= 0.3 is 12.1 Å². The molecule has 1 aromatic heterocycles. The van der Waals surface area contributed by atoms with Crippen LogP contribution in [-0.2, 0) is 16.1 Å². The van der Waals surface area contributed by atoms with E-state index in [9.17, 15) is 9.59 Å². The molecule has 8 nitrogen and oxygen atoms in total. The van der Waals surface area contributed by atoms with Crippen LogP contribution in [0, 0.1) is 5.92 Å². The second-order valence-electron chi connectivity index (χ2n) is 7.07. The van der Waals surface area contributed by atoms with Crippen LogP contribution in [0.3, 0.4) is 0 Å². The number of anilines is 1. The number of aromatic amines is 1. The summed E-state index contributed by atoms with van der Waals surface area (Å²) in [6.07, 6.45) is 1.50. The second kappa shape index (κ2) is 9.45. The smallest absolute Gasteiger partial charge is 0.407 e. The SMILES string of the molecule is CCN(CC)c1ccc2c(c1)OC(=O)C(CCOC(=O)NCc1ccn[nH]1)C2C. The number of nitrogens with zero attached hydrogens (tertiary/aromatic N) is 2. The van der Waals surface area contributed by atoms with Gasteiger partial charge in [0.2, 0.25) is 0 Å². The van der Waals surface area contributed by atoms with Gasteiger partial charge in [0.25, 0.3) is 0 Å². The highest BCUT2D eigenvalue weighted by atomic mass is 16.6. The number of nitrogens with one attached hydrogen (secondary N) is 2. The normalized spacial score (nSPS) is 18.0. The molecule has 156 valence electrons. The Balaban J connectivity index is 1.55. The number of esters is 1. The van der Waals surface area contributed by atoms with E-state index in [-0.39, 0.29) is 24.4 Å². The summed E-state index contributed by atoms with van der Waals surface area (Å²) in [7, 11) is 0. The van der Waals surface area contributed by atoms with Crippen LogP contribution in [0.25, 0.3) is 0 Å². The minimum Gasteiger partial charge on any atom is -0.450 e. The highest BCUT2D eigenvalue weighted by Gasteiger charge is 2.35. The van der Waals surface area contributed by atoms with E-state index in [1.165, 1.54) is 0 Å². The minimum absolute atomic E-state index is 0.00587. The fourth-order valence-electron chi connectivity index (χ4n) is 3.63. The van der Waals surface area contributed by atoms with Gasteiger partial charge in [-0.1, -0.05) is 13.0 Å². The fraction of sp³-hybridized carbons (Fsp3) is 0.476. The Hall–Kier alpha value is -3.03. The van der Waals surface area contributed by atoms with E-state index in [4.69, 9.17) is 9.47 Å². The standard InChI is InChI=1S/C21H28N4O4/c1-4-25(5-2)16-6-7-17-14(3)18(20(26)29-19(17)12-16)9-11-28-21(27)22-13-15-8-10-23-24-15/h6-8,10,12,14,18H,4-5,9,11,13H2,1-3H3,(H,22,27)(H,23,24). The van der Waals surface area contributed by atoms with Crippen LogP contribution in [0.5, 0.6) is 5.75 Å². The van der Waals surface area contributed by atoms with Crippen LogP contribution in [0.1, 0.15) is 44.4 Å². The average molecular weight is 400 g/mol. The third-order valence-electron chi connectivity index (χ3n) is 5.38. The zero-order chi connectivity index (χ0) is 20.8. The first-order valence-electron chi connectivity index (χ1n) is 10.0. The molecule has 0 saturated carbocycles. The molecular formula is C21H28N4O4. The number of carbonyl (C=O) groups excluding carboxylic acids is 2. The third-order valence-corrected chi connectivity index (χ3v) is 5.38. The summed E-state index contributed by atoms with van der Waals surface area (Å²) < 4.78 is 10.8. The molecule has 2 heterocycles. The number of rotatable bonds is 8. The number of fused-ring (bicyclic) bond motifs is 1. The largest absolute Gasteiger partial charge is 0.450 e. The van der Waals surface area contributed by atoms with Crippen molar-refractivity contribution in [2.45, 2.75) is 39.7 Å². The lowest BCUT2D eigenvalue weighted by Gasteiger charge is -2.31. The summed E-state index contributed by atoms with van der Waals surface area (Å²) in [6, 6.07) is 7.80. The quantitative estimate of drug-likeness (QED) is 0.522. The lowest BCUT2D eigenvalue weighted by atomic mass is 9.83. The molecule has 0 saturated heterocycles. The lowest BCUT2D eigenvalue weighted by molar-refractivity contribution is -0.141. The molecule has 29 heavy (non-hydrogen) atoms. The molecule has 8 heteroatoms. The van der Waals surface area contributed by atoms with Crippen molar-refractivity contribution in [1.82, 2.24) is 15.5 Å². The van der Waals surface area contributed by atoms with E-state index in [0.29, 0.717) is 18.7 Å². The van der Waals surface area contributed by atoms with E-state index < -0.39 is 6.09 Å². The number of H-pyrrole nitrogens is 1. The van der Waals surface area contributed by atoms with Gasteiger partial charge in [-0.05, 0) is 43.9 Å². The highest BCUT2D eigenvalue weighted by molar-refractivity contribution is 5.80. The minimum atomic E-state index is -0.527. The molecule has 0 aliphatic carbocycles. The van der Waals surface area contributed by atoms with Gasteiger partial charge in [0, 0.05) is 31.0 Å². The predicted octanol–water partition coefficient (Wildman–Crippen LogP) is 3.21. The summed E-state index contributed by atoms with van der Waals surface area (Å²) in [4.78, 5) is 26.6. The molecule has 1 aliphatic heterocycles. The van der Waals surface area contributed by atoms with Crippen molar-refractivity contribution in [1.29, 1.82) is 0 Å². The van der Waals surface area contributed by atoms with Crippen LogP contribution in [0.4, 0.5) is 10.5 Å². The van der Waals surface area contributed by atoms with Gasteiger partial charge in [-0.15, -0.1) is 0 Å². The number of hydrogen-bond acceptors (Lipinski definition) is 6. The molecule has 2 unspecified atom stereocenters. The zero-order valence-corrected chi connectivity index (χ0v) is 17.1. The first-order chi connectivity index (χ1) is 14.0. The molecule has 0 spiro atoms. The van der Waals surface area contributed by atoms with E-state index in [1.54, 1.807) is 12.3 Å².